The normalized spacial score (nSPS) is 14.8. The number of carboxylic acids is 2. The summed E-state index contributed by atoms with van der Waals surface area (Å²) in [6, 6.07) is -5.01. The lowest BCUT2D eigenvalue weighted by atomic mass is 10.0. The van der Waals surface area contributed by atoms with Crippen LogP contribution >= 0.6 is 11.8 Å². The van der Waals surface area contributed by atoms with Gasteiger partial charge in [0.2, 0.25) is 59.1 Å². The van der Waals surface area contributed by atoms with Crippen LogP contribution in [-0.2, 0) is 64.0 Å². The molecule has 0 aliphatic heterocycles. The second-order valence-electron chi connectivity index (χ2n) is 16.3. The lowest BCUT2D eigenvalue weighted by molar-refractivity contribution is -0.143. The van der Waals surface area contributed by atoms with Crippen LogP contribution in [0.4, 0.5) is 0 Å². The van der Waals surface area contributed by atoms with Gasteiger partial charge in [-0.15, -0.1) is 0 Å². The van der Waals surface area contributed by atoms with Crippen molar-refractivity contribution in [2.24, 2.45) is 23.1 Å². The molecule has 1 aromatic rings. The number of nitrogens with two attached hydrogens (primary N) is 3. The fraction of sp³-hybridized carbons (Fsp3) is 0.571. The van der Waals surface area contributed by atoms with Crippen molar-refractivity contribution in [3.8, 4) is 0 Å². The molecule has 1 rings (SSSR count). The summed E-state index contributed by atoms with van der Waals surface area (Å²) in [4.78, 5) is 153. The number of carbonyl (C=O) groups excluding carboxylic acids is 10. The molecular weight excluding hydrogens is 931 g/mol. The molecular formula is C42H65N11O15S. The van der Waals surface area contributed by atoms with Crippen LogP contribution in [0.2, 0.25) is 0 Å². The summed E-state index contributed by atoms with van der Waals surface area (Å²) >= 11 is 1.28. The lowest BCUT2D eigenvalue weighted by Gasteiger charge is -2.27. The third-order valence-corrected chi connectivity index (χ3v) is 10.5. The number of nitrogens with one attached hydrogen (secondary N) is 8. The molecule has 1 aromatic carbocycles. The molecule has 27 heteroatoms. The number of aliphatic carboxylic acids is 2. The Balaban J connectivity index is 3.23. The molecule has 69 heavy (non-hydrogen) atoms. The summed E-state index contributed by atoms with van der Waals surface area (Å²) in [6.45, 7) is 4.80. The molecule has 17 N–H and O–H groups in total. The minimum absolute atomic E-state index is 0.0309. The molecule has 0 aliphatic carbocycles. The summed E-state index contributed by atoms with van der Waals surface area (Å²) in [7, 11) is 0. The molecule has 0 radical (unpaired) electrons. The third kappa shape index (κ3) is 23.1. The van der Waals surface area contributed by atoms with Crippen LogP contribution in [0.3, 0.4) is 0 Å². The monoisotopic (exact) mass is 995 g/mol. The minimum atomic E-state index is -1.89. The fourth-order valence-electron chi connectivity index (χ4n) is 6.13. The predicted molar refractivity (Wildman–Crippen MR) is 247 cm³/mol. The number of primary amides is 2. The SMILES string of the molecule is CSCC[C@H](NC(=O)[C@H](CC(=O)O)NC(=O)[C@H](CCC(N)=O)NC(=O)[C@H](C)NC(=O)[C@H](CC(N)=O)NC(=O)[C@H](CC(C)C)NC(=O)[C@H](CO)NC(=O)[C@@H](N)Cc1ccccc1)C(=O)N[C@@H](C)C(=O)O. The van der Waals surface area contributed by atoms with Gasteiger partial charge in [-0.3, -0.25) is 57.5 Å². The number of amides is 10. The van der Waals surface area contributed by atoms with Crippen LogP contribution in [0.25, 0.3) is 0 Å². The molecule has 0 aliphatic rings. The van der Waals surface area contributed by atoms with Gasteiger partial charge in [-0.05, 0) is 63.0 Å². The van der Waals surface area contributed by atoms with Gasteiger partial charge in [-0.1, -0.05) is 44.2 Å². The molecule has 26 nitrogen and oxygen atoms in total. The smallest absolute Gasteiger partial charge is 0.325 e. The first-order chi connectivity index (χ1) is 32.3. The molecule has 384 valence electrons. The summed E-state index contributed by atoms with van der Waals surface area (Å²) in [5.41, 5.74) is 17.4. The van der Waals surface area contributed by atoms with Crippen LogP contribution in [0.15, 0.2) is 30.3 Å². The van der Waals surface area contributed by atoms with Gasteiger partial charge >= 0.3 is 11.9 Å². The van der Waals surface area contributed by atoms with Crippen LogP contribution < -0.4 is 59.7 Å². The van der Waals surface area contributed by atoms with Crippen LogP contribution in [0.5, 0.6) is 0 Å². The number of aliphatic hydroxyl groups excluding tert-OH is 1. The molecule has 0 spiro atoms. The minimum Gasteiger partial charge on any atom is -0.481 e. The van der Waals surface area contributed by atoms with Crippen molar-refractivity contribution >= 4 is 82.8 Å². The molecule has 0 heterocycles. The largest absolute Gasteiger partial charge is 0.481 e. The van der Waals surface area contributed by atoms with Crippen molar-refractivity contribution in [3.63, 3.8) is 0 Å². The molecule has 0 bridgehead atoms. The van der Waals surface area contributed by atoms with E-state index in [-0.39, 0.29) is 25.2 Å². The highest BCUT2D eigenvalue weighted by Crippen LogP contribution is 2.09. The van der Waals surface area contributed by atoms with E-state index >= 15 is 0 Å². The molecule has 0 saturated heterocycles. The summed E-state index contributed by atoms with van der Waals surface area (Å²) in [5, 5.41) is 47.0. The number of carboxylic acid groups (broad SMARTS) is 2. The fourth-order valence-corrected chi connectivity index (χ4v) is 6.60. The molecule has 0 fully saturated rings. The Morgan fingerprint density at radius 3 is 1.52 bits per heavy atom. The Morgan fingerprint density at radius 2 is 1.00 bits per heavy atom. The Hall–Kier alpha value is -6.87. The van der Waals surface area contributed by atoms with Gasteiger partial charge in [0.25, 0.3) is 0 Å². The number of aliphatic hydroxyl groups is 1. The van der Waals surface area contributed by atoms with Gasteiger partial charge in [-0.25, -0.2) is 0 Å². The highest BCUT2D eigenvalue weighted by molar-refractivity contribution is 7.98. The van der Waals surface area contributed by atoms with E-state index in [1.807, 2.05) is 0 Å². The van der Waals surface area contributed by atoms with Crippen molar-refractivity contribution in [1.82, 2.24) is 42.5 Å². The quantitative estimate of drug-likeness (QED) is 0.0321. The number of rotatable bonds is 32. The van der Waals surface area contributed by atoms with E-state index in [1.54, 1.807) is 50.4 Å². The lowest BCUT2D eigenvalue weighted by Crippen LogP contribution is -2.60. The maximum atomic E-state index is 13.6. The molecule has 9 atom stereocenters. The van der Waals surface area contributed by atoms with E-state index in [4.69, 9.17) is 17.2 Å². The van der Waals surface area contributed by atoms with E-state index in [1.165, 1.54) is 18.7 Å². The Bertz CT molecular complexity index is 1990. The average molecular weight is 996 g/mol. The van der Waals surface area contributed by atoms with Crippen molar-refractivity contribution in [2.75, 3.05) is 18.6 Å². The van der Waals surface area contributed by atoms with Gasteiger partial charge < -0.3 is 75.1 Å². The summed E-state index contributed by atoms with van der Waals surface area (Å²) < 4.78 is 0. The first kappa shape index (κ1) is 60.1. The number of benzene rings is 1. The zero-order valence-corrected chi connectivity index (χ0v) is 39.7. The zero-order valence-electron chi connectivity index (χ0n) is 38.9. The zero-order chi connectivity index (χ0) is 52.5. The highest BCUT2D eigenvalue weighted by Gasteiger charge is 2.35. The molecule has 0 saturated carbocycles. The molecule has 0 unspecified atom stereocenters. The maximum absolute atomic E-state index is 13.6. The Kier molecular flexibility index (Phi) is 26.6. The number of carbonyl (C=O) groups is 12. The van der Waals surface area contributed by atoms with Crippen molar-refractivity contribution in [3.05, 3.63) is 35.9 Å². The second-order valence-corrected chi connectivity index (χ2v) is 17.3. The summed E-state index contributed by atoms with van der Waals surface area (Å²) in [6.07, 6.45) is -1.18. The third-order valence-electron chi connectivity index (χ3n) is 9.88. The average Bonchev–Trinajstić information content (AvgIpc) is 3.26. The van der Waals surface area contributed by atoms with Crippen molar-refractivity contribution < 1.29 is 72.9 Å². The van der Waals surface area contributed by atoms with E-state index in [2.05, 4.69) is 42.5 Å². The summed E-state index contributed by atoms with van der Waals surface area (Å²) in [5.74, 6) is -13.3. The standard InChI is InChI=1S/C42H65N11O15S/c1-20(2)15-27(50-41(66)30(19-54)53-35(60)24(43)16-23-9-7-6-8-10-23)39(64)51-28(17-32(45)56)38(63)46-21(3)34(59)48-25(11-12-31(44)55)37(62)52-29(18-33(57)58)40(65)49-26(13-14-69-5)36(61)47-22(4)42(67)68/h6-10,20-22,24-30,54H,11-19,43H2,1-5H3,(H2,44,55)(H2,45,56)(H,46,63)(H,47,61)(H,48,59)(H,49,65)(H,50,66)(H,51,64)(H,52,62)(H,53,60)(H,57,58)(H,67,68)/t21-,22-,24-,25-,26-,27-,28-,29-,30-/m0/s1. The Morgan fingerprint density at radius 1 is 0.551 bits per heavy atom. The van der Waals surface area contributed by atoms with E-state index < -0.39 is 158 Å². The van der Waals surface area contributed by atoms with E-state index in [9.17, 15) is 72.9 Å². The maximum Gasteiger partial charge on any atom is 0.325 e. The van der Waals surface area contributed by atoms with Gasteiger partial charge in [0, 0.05) is 6.42 Å². The van der Waals surface area contributed by atoms with E-state index in [0.29, 0.717) is 5.75 Å². The van der Waals surface area contributed by atoms with E-state index in [0.717, 1.165) is 12.5 Å². The Labute approximate surface area is 401 Å². The van der Waals surface area contributed by atoms with Crippen LogP contribution in [0.1, 0.15) is 71.8 Å². The topological polar surface area (TPSA) is 440 Å². The predicted octanol–water partition coefficient (Wildman–Crippen LogP) is -5.03. The number of thioether (sulfide) groups is 1. The first-order valence-electron chi connectivity index (χ1n) is 21.6. The molecule has 10 amide bonds. The van der Waals surface area contributed by atoms with Gasteiger partial charge in [0.15, 0.2) is 0 Å². The van der Waals surface area contributed by atoms with Crippen LogP contribution in [0, 0.1) is 5.92 Å². The number of hydrogen-bond acceptors (Lipinski definition) is 15. The van der Waals surface area contributed by atoms with Crippen LogP contribution in [-0.4, -0.2) is 159 Å². The second kappa shape index (κ2) is 30.5. The van der Waals surface area contributed by atoms with Crippen molar-refractivity contribution in [1.29, 1.82) is 0 Å². The van der Waals surface area contributed by atoms with Gasteiger partial charge in [0.1, 0.15) is 48.3 Å². The van der Waals surface area contributed by atoms with Gasteiger partial charge in [-0.2, -0.15) is 11.8 Å². The number of hydrogen-bond donors (Lipinski definition) is 14. The highest BCUT2D eigenvalue weighted by atomic mass is 32.2. The first-order valence-corrected chi connectivity index (χ1v) is 23.0. The van der Waals surface area contributed by atoms with Crippen molar-refractivity contribution in [2.45, 2.75) is 127 Å². The van der Waals surface area contributed by atoms with Gasteiger partial charge in [0.05, 0.1) is 25.5 Å². The molecule has 0 aromatic heterocycles.